The number of ether oxygens (including phenoxy) is 4. The molecule has 7 rings (SSSR count). The average molecular weight is 584 g/mol. The van der Waals surface area contributed by atoms with Crippen molar-refractivity contribution in [3.63, 3.8) is 0 Å². The Balaban J connectivity index is 1.15. The lowest BCUT2D eigenvalue weighted by molar-refractivity contribution is 0.0746. The number of likely N-dealkylation sites (N-methyl/N-ethyl adjacent to an activating group) is 1. The molecule has 0 bridgehead atoms. The second-order valence-corrected chi connectivity index (χ2v) is 10.8. The summed E-state index contributed by atoms with van der Waals surface area (Å²) in [6.07, 6.45) is 0.825. The molecule has 43 heavy (non-hydrogen) atoms. The number of hydrogen-bond acceptors (Lipinski definition) is 10. The maximum Gasteiger partial charge on any atom is 0.254 e. The molecule has 1 amide bonds. The fourth-order valence-electron chi connectivity index (χ4n) is 6.24. The number of nitrogens with zero attached hydrogens (tertiary/aromatic N) is 7. The lowest BCUT2D eigenvalue weighted by Gasteiger charge is -2.36. The second kappa shape index (κ2) is 11.1. The van der Waals surface area contributed by atoms with E-state index in [1.807, 2.05) is 60.5 Å². The minimum atomic E-state index is -0.299. The van der Waals surface area contributed by atoms with Gasteiger partial charge in [-0.2, -0.15) is 4.68 Å². The van der Waals surface area contributed by atoms with E-state index >= 15 is 0 Å². The van der Waals surface area contributed by atoms with Crippen LogP contribution in [0.4, 0.5) is 5.69 Å². The Bertz CT molecular complexity index is 1670. The summed E-state index contributed by atoms with van der Waals surface area (Å²) in [5.74, 6) is 3.35. The van der Waals surface area contributed by atoms with Crippen LogP contribution in [0.5, 0.6) is 23.0 Å². The molecule has 222 valence electrons. The van der Waals surface area contributed by atoms with Crippen molar-refractivity contribution < 1.29 is 23.7 Å². The molecule has 3 aromatic carbocycles. The van der Waals surface area contributed by atoms with Crippen molar-refractivity contribution in [2.45, 2.75) is 12.5 Å². The molecule has 0 unspecified atom stereocenters. The van der Waals surface area contributed by atoms with E-state index in [1.165, 1.54) is 0 Å². The van der Waals surface area contributed by atoms with Crippen LogP contribution in [0.1, 0.15) is 33.4 Å². The first-order chi connectivity index (χ1) is 21.1. The van der Waals surface area contributed by atoms with Crippen LogP contribution in [0.15, 0.2) is 54.6 Å². The maximum atomic E-state index is 13.6. The Kier molecular flexibility index (Phi) is 6.98. The number of aromatic nitrogens is 4. The zero-order chi connectivity index (χ0) is 29.5. The fourth-order valence-corrected chi connectivity index (χ4v) is 6.24. The molecule has 0 radical (unpaired) electrons. The van der Waals surface area contributed by atoms with Gasteiger partial charge >= 0.3 is 0 Å². The number of hydrogen-bond donors (Lipinski definition) is 0. The summed E-state index contributed by atoms with van der Waals surface area (Å²) in [5.41, 5.74) is 4.45. The predicted molar refractivity (Wildman–Crippen MR) is 158 cm³/mol. The van der Waals surface area contributed by atoms with Crippen LogP contribution in [0, 0.1) is 0 Å². The second-order valence-electron chi connectivity index (χ2n) is 10.8. The van der Waals surface area contributed by atoms with Gasteiger partial charge in [0.05, 0.1) is 19.9 Å². The Morgan fingerprint density at radius 1 is 0.930 bits per heavy atom. The fraction of sp³-hybridized carbons (Fsp3) is 0.355. The first-order valence-electron chi connectivity index (χ1n) is 14.3. The van der Waals surface area contributed by atoms with Gasteiger partial charge in [-0.1, -0.05) is 12.1 Å². The van der Waals surface area contributed by atoms with E-state index in [0.717, 1.165) is 48.6 Å². The number of tetrazole rings is 1. The third kappa shape index (κ3) is 4.77. The van der Waals surface area contributed by atoms with Gasteiger partial charge in [-0.05, 0) is 65.9 Å². The molecule has 3 aliphatic heterocycles. The molecule has 1 saturated heterocycles. The molecule has 4 heterocycles. The molecule has 1 atom stereocenters. The number of amides is 1. The Morgan fingerprint density at radius 3 is 2.56 bits per heavy atom. The zero-order valence-electron chi connectivity index (χ0n) is 24.4. The number of carbonyl (C=O) groups excluding carboxylic acids is 1. The topological polar surface area (TPSA) is 107 Å². The Hall–Kier alpha value is -4.84. The van der Waals surface area contributed by atoms with E-state index in [0.29, 0.717) is 47.4 Å². The summed E-state index contributed by atoms with van der Waals surface area (Å²) in [6.45, 7) is 3.68. The summed E-state index contributed by atoms with van der Waals surface area (Å²) >= 11 is 0. The molecule has 0 saturated carbocycles. The molecule has 12 nitrogen and oxygen atoms in total. The third-order valence-corrected chi connectivity index (χ3v) is 8.46. The first-order valence-corrected chi connectivity index (χ1v) is 14.3. The van der Waals surface area contributed by atoms with Gasteiger partial charge in [-0.15, -0.1) is 5.10 Å². The summed E-state index contributed by atoms with van der Waals surface area (Å²) in [7, 11) is 5.35. The lowest BCUT2D eigenvalue weighted by Crippen LogP contribution is -2.48. The first kappa shape index (κ1) is 27.0. The standard InChI is InChI=1S/C31H33N7O5/c1-35-11-10-20-17-25-28(43-19-42-25)29(41-3)26(20)27(35)30-32-33-34-38(30)23-8-4-6-21(16-23)31(39)37-14-12-36(13-15-37)22-7-5-9-24(18-22)40-2/h4-9,16-18,27H,10-15,19H2,1-3H3/t27-/m0/s1. The van der Waals surface area contributed by atoms with E-state index in [2.05, 4.69) is 31.4 Å². The monoisotopic (exact) mass is 583 g/mol. The van der Waals surface area contributed by atoms with Gasteiger partial charge in [0.2, 0.25) is 12.5 Å². The van der Waals surface area contributed by atoms with Gasteiger partial charge in [0, 0.05) is 55.6 Å². The summed E-state index contributed by atoms with van der Waals surface area (Å²) in [6, 6.07) is 17.2. The van der Waals surface area contributed by atoms with Gasteiger partial charge in [0.1, 0.15) is 11.8 Å². The largest absolute Gasteiger partial charge is 0.497 e. The van der Waals surface area contributed by atoms with Crippen molar-refractivity contribution in [3.8, 4) is 28.7 Å². The van der Waals surface area contributed by atoms with E-state index < -0.39 is 0 Å². The van der Waals surface area contributed by atoms with E-state index in [9.17, 15) is 4.79 Å². The highest BCUT2D eigenvalue weighted by Crippen LogP contribution is 2.50. The molecular formula is C31H33N7O5. The molecule has 4 aromatic rings. The van der Waals surface area contributed by atoms with Crippen molar-refractivity contribution in [2.24, 2.45) is 0 Å². The highest BCUT2D eigenvalue weighted by atomic mass is 16.7. The van der Waals surface area contributed by atoms with Crippen LogP contribution in [-0.2, 0) is 6.42 Å². The molecule has 0 aliphatic carbocycles. The molecule has 12 heteroatoms. The molecule has 1 fully saturated rings. The molecule has 0 N–H and O–H groups in total. The predicted octanol–water partition coefficient (Wildman–Crippen LogP) is 2.95. The number of anilines is 1. The minimum absolute atomic E-state index is 0.0173. The van der Waals surface area contributed by atoms with Crippen LogP contribution in [0.25, 0.3) is 5.69 Å². The van der Waals surface area contributed by atoms with Crippen LogP contribution < -0.4 is 23.8 Å². The van der Waals surface area contributed by atoms with Crippen LogP contribution in [0.2, 0.25) is 0 Å². The van der Waals surface area contributed by atoms with E-state index in [-0.39, 0.29) is 18.7 Å². The molecule has 3 aliphatic rings. The van der Waals surface area contributed by atoms with Crippen molar-refractivity contribution in [1.29, 1.82) is 0 Å². The number of rotatable bonds is 6. The van der Waals surface area contributed by atoms with Gasteiger partial charge in [0.15, 0.2) is 17.3 Å². The Labute approximate surface area is 249 Å². The number of carbonyl (C=O) groups is 1. The van der Waals surface area contributed by atoms with Crippen LogP contribution in [0.3, 0.4) is 0 Å². The van der Waals surface area contributed by atoms with Gasteiger partial charge in [-0.3, -0.25) is 9.69 Å². The zero-order valence-corrected chi connectivity index (χ0v) is 24.4. The van der Waals surface area contributed by atoms with Crippen molar-refractivity contribution in [3.05, 3.63) is 77.1 Å². The van der Waals surface area contributed by atoms with Crippen LogP contribution >= 0.6 is 0 Å². The smallest absolute Gasteiger partial charge is 0.254 e. The van der Waals surface area contributed by atoms with E-state index in [1.54, 1.807) is 18.9 Å². The third-order valence-electron chi connectivity index (χ3n) is 8.46. The van der Waals surface area contributed by atoms with Crippen LogP contribution in [-0.4, -0.2) is 96.7 Å². The highest BCUT2D eigenvalue weighted by Gasteiger charge is 2.38. The van der Waals surface area contributed by atoms with Crippen molar-refractivity contribution in [1.82, 2.24) is 30.0 Å². The number of piperazine rings is 1. The van der Waals surface area contributed by atoms with E-state index in [4.69, 9.17) is 18.9 Å². The molecular weight excluding hydrogens is 550 g/mol. The number of fused-ring (bicyclic) bond motifs is 2. The van der Waals surface area contributed by atoms with Crippen molar-refractivity contribution in [2.75, 3.05) is 65.7 Å². The summed E-state index contributed by atoms with van der Waals surface area (Å²) < 4.78 is 24.4. The number of methoxy groups -OCH3 is 2. The summed E-state index contributed by atoms with van der Waals surface area (Å²) in [5, 5.41) is 12.9. The van der Waals surface area contributed by atoms with Gasteiger partial charge in [0.25, 0.3) is 5.91 Å². The molecule has 0 spiro atoms. The highest BCUT2D eigenvalue weighted by molar-refractivity contribution is 5.95. The maximum absolute atomic E-state index is 13.6. The minimum Gasteiger partial charge on any atom is -0.497 e. The summed E-state index contributed by atoms with van der Waals surface area (Å²) in [4.78, 5) is 20.0. The quantitative estimate of drug-likeness (QED) is 0.336. The van der Waals surface area contributed by atoms with Gasteiger partial charge < -0.3 is 28.7 Å². The SMILES string of the molecule is COc1cccc(N2CCN(C(=O)c3cccc(-n4nnnc4[C@@H]4c5c(cc6c(c5OC)OCO6)CCN4C)c3)CC2)c1. The molecule has 1 aromatic heterocycles. The number of benzene rings is 3. The Morgan fingerprint density at radius 2 is 1.74 bits per heavy atom. The van der Waals surface area contributed by atoms with Crippen molar-refractivity contribution >= 4 is 11.6 Å². The average Bonchev–Trinajstić information content (AvgIpc) is 3.74. The normalized spacial score (nSPS) is 18.0. The lowest BCUT2D eigenvalue weighted by atomic mass is 9.90. The van der Waals surface area contributed by atoms with Gasteiger partial charge in [-0.25, -0.2) is 0 Å².